The molecular formula is C20H30FN3O3. The van der Waals surface area contributed by atoms with Crippen molar-refractivity contribution in [2.75, 3.05) is 36.9 Å². The summed E-state index contributed by atoms with van der Waals surface area (Å²) in [5, 5.41) is 2.71. The fourth-order valence-electron chi connectivity index (χ4n) is 2.97. The molecule has 0 atom stereocenters. The monoisotopic (exact) mass is 379 g/mol. The maximum Gasteiger partial charge on any atom is 0.410 e. The van der Waals surface area contributed by atoms with Crippen molar-refractivity contribution < 1.29 is 18.7 Å². The molecule has 6 nitrogen and oxygen atoms in total. The minimum atomic E-state index is -0.556. The molecule has 0 radical (unpaired) electrons. The van der Waals surface area contributed by atoms with Crippen LogP contribution in [0.25, 0.3) is 0 Å². The highest BCUT2D eigenvalue weighted by Gasteiger charge is 2.21. The van der Waals surface area contributed by atoms with E-state index in [-0.39, 0.29) is 18.0 Å². The van der Waals surface area contributed by atoms with Crippen LogP contribution in [-0.4, -0.2) is 49.2 Å². The molecule has 1 N–H and O–H groups in total. The first kappa shape index (κ1) is 21.0. The van der Waals surface area contributed by atoms with E-state index in [4.69, 9.17) is 4.74 Å². The summed E-state index contributed by atoms with van der Waals surface area (Å²) in [4.78, 5) is 27.7. The first-order valence-electron chi connectivity index (χ1n) is 9.45. The van der Waals surface area contributed by atoms with E-state index < -0.39 is 17.5 Å². The first-order chi connectivity index (χ1) is 12.7. The molecule has 1 aromatic rings. The third kappa shape index (κ3) is 6.41. The minimum Gasteiger partial charge on any atom is -0.444 e. The standard InChI is InChI=1S/C20H30FN3O3/c1-20(2,3)27-19(26)23(4)12-8-11-17(25)22-18-15(21)9-7-10-16(18)24-13-5-6-14-24/h7,9-10H,5-6,8,11-14H2,1-4H3,(H,22,25). The van der Waals surface area contributed by atoms with E-state index in [0.29, 0.717) is 13.0 Å². The van der Waals surface area contributed by atoms with Gasteiger partial charge in [0.2, 0.25) is 5.91 Å². The summed E-state index contributed by atoms with van der Waals surface area (Å²) >= 11 is 0. The van der Waals surface area contributed by atoms with Gasteiger partial charge in [0.1, 0.15) is 17.1 Å². The highest BCUT2D eigenvalue weighted by Crippen LogP contribution is 2.31. The Hall–Kier alpha value is -2.31. The zero-order valence-corrected chi connectivity index (χ0v) is 16.7. The zero-order chi connectivity index (χ0) is 20.0. The van der Waals surface area contributed by atoms with Crippen LogP contribution in [0.1, 0.15) is 46.5 Å². The van der Waals surface area contributed by atoms with Gasteiger partial charge in [0.25, 0.3) is 0 Å². The smallest absolute Gasteiger partial charge is 0.410 e. The van der Waals surface area contributed by atoms with Gasteiger partial charge in [-0.2, -0.15) is 0 Å². The Morgan fingerprint density at radius 1 is 1.26 bits per heavy atom. The van der Waals surface area contributed by atoms with Crippen LogP contribution in [-0.2, 0) is 9.53 Å². The lowest BCUT2D eigenvalue weighted by Crippen LogP contribution is -2.35. The molecule has 1 aliphatic rings. The van der Waals surface area contributed by atoms with Crippen LogP contribution >= 0.6 is 0 Å². The van der Waals surface area contributed by atoms with E-state index in [9.17, 15) is 14.0 Å². The first-order valence-corrected chi connectivity index (χ1v) is 9.45. The molecule has 1 fully saturated rings. The quantitative estimate of drug-likeness (QED) is 0.811. The van der Waals surface area contributed by atoms with Gasteiger partial charge in [-0.1, -0.05) is 6.07 Å². The van der Waals surface area contributed by atoms with Gasteiger partial charge in [0.15, 0.2) is 0 Å². The minimum absolute atomic E-state index is 0.195. The van der Waals surface area contributed by atoms with Gasteiger partial charge in [-0.3, -0.25) is 4.79 Å². The average molecular weight is 379 g/mol. The number of anilines is 2. The molecule has 2 amide bonds. The molecule has 1 aromatic carbocycles. The van der Waals surface area contributed by atoms with Crippen LogP contribution in [0, 0.1) is 5.82 Å². The van der Waals surface area contributed by atoms with E-state index in [2.05, 4.69) is 10.2 Å². The number of para-hydroxylation sites is 1. The number of carbonyl (C=O) groups excluding carboxylic acids is 2. The summed E-state index contributed by atoms with van der Waals surface area (Å²) < 4.78 is 19.5. The van der Waals surface area contributed by atoms with Crippen molar-refractivity contribution in [1.82, 2.24) is 4.90 Å². The molecule has 0 spiro atoms. The van der Waals surface area contributed by atoms with E-state index in [1.807, 2.05) is 6.07 Å². The normalized spacial score (nSPS) is 14.2. The predicted molar refractivity (Wildman–Crippen MR) is 105 cm³/mol. The lowest BCUT2D eigenvalue weighted by Gasteiger charge is -2.24. The summed E-state index contributed by atoms with van der Waals surface area (Å²) in [5.74, 6) is -0.697. The van der Waals surface area contributed by atoms with Crippen molar-refractivity contribution in [2.24, 2.45) is 0 Å². The van der Waals surface area contributed by atoms with Gasteiger partial charge in [-0.05, 0) is 52.2 Å². The SMILES string of the molecule is CN(CCCC(=O)Nc1c(F)cccc1N1CCCC1)C(=O)OC(C)(C)C. The molecule has 0 aliphatic carbocycles. The fraction of sp³-hybridized carbons (Fsp3) is 0.600. The maximum absolute atomic E-state index is 14.3. The number of hydrogen-bond donors (Lipinski definition) is 1. The van der Waals surface area contributed by atoms with Gasteiger partial charge in [0.05, 0.1) is 5.69 Å². The Morgan fingerprint density at radius 3 is 2.56 bits per heavy atom. The van der Waals surface area contributed by atoms with Crippen LogP contribution in [0.4, 0.5) is 20.6 Å². The number of amides is 2. The number of benzene rings is 1. The van der Waals surface area contributed by atoms with Crippen molar-refractivity contribution >= 4 is 23.4 Å². The van der Waals surface area contributed by atoms with E-state index >= 15 is 0 Å². The van der Waals surface area contributed by atoms with Gasteiger partial charge in [-0.15, -0.1) is 0 Å². The third-order valence-electron chi connectivity index (χ3n) is 4.31. The molecular weight excluding hydrogens is 349 g/mol. The summed E-state index contributed by atoms with van der Waals surface area (Å²) in [7, 11) is 1.63. The van der Waals surface area contributed by atoms with Gasteiger partial charge >= 0.3 is 6.09 Å². The van der Waals surface area contributed by atoms with E-state index in [0.717, 1.165) is 31.6 Å². The topological polar surface area (TPSA) is 61.9 Å². The van der Waals surface area contributed by atoms with Crippen LogP contribution in [0.3, 0.4) is 0 Å². The lowest BCUT2D eigenvalue weighted by molar-refractivity contribution is -0.116. The molecule has 0 aromatic heterocycles. The number of carbonyl (C=O) groups is 2. The second-order valence-corrected chi connectivity index (χ2v) is 7.88. The largest absolute Gasteiger partial charge is 0.444 e. The molecule has 27 heavy (non-hydrogen) atoms. The second-order valence-electron chi connectivity index (χ2n) is 7.88. The van der Waals surface area contributed by atoms with Gasteiger partial charge in [-0.25, -0.2) is 9.18 Å². The lowest BCUT2D eigenvalue weighted by atomic mass is 10.2. The number of nitrogens with zero attached hydrogens (tertiary/aromatic N) is 2. The van der Waals surface area contributed by atoms with Crippen molar-refractivity contribution in [3.63, 3.8) is 0 Å². The number of halogens is 1. The Morgan fingerprint density at radius 2 is 1.93 bits per heavy atom. The molecule has 1 saturated heterocycles. The third-order valence-corrected chi connectivity index (χ3v) is 4.31. The Labute approximate surface area is 160 Å². The van der Waals surface area contributed by atoms with Gasteiger partial charge < -0.3 is 19.9 Å². The summed E-state index contributed by atoms with van der Waals surface area (Å²) in [6.07, 6.45) is 2.38. The Kier molecular flexibility index (Phi) is 7.05. The molecule has 0 bridgehead atoms. The van der Waals surface area contributed by atoms with Crippen molar-refractivity contribution in [1.29, 1.82) is 0 Å². The van der Waals surface area contributed by atoms with Crippen molar-refractivity contribution in [3.8, 4) is 0 Å². The molecule has 150 valence electrons. The molecule has 1 aliphatic heterocycles. The summed E-state index contributed by atoms with van der Waals surface area (Å²) in [6.45, 7) is 7.54. The fourth-order valence-corrected chi connectivity index (χ4v) is 2.97. The summed E-state index contributed by atoms with van der Waals surface area (Å²) in [5.41, 5.74) is 0.413. The highest BCUT2D eigenvalue weighted by molar-refractivity contribution is 5.94. The number of ether oxygens (including phenoxy) is 1. The molecule has 0 unspecified atom stereocenters. The van der Waals surface area contributed by atoms with Gasteiger partial charge in [0, 0.05) is 33.1 Å². The van der Waals surface area contributed by atoms with Crippen molar-refractivity contribution in [2.45, 2.75) is 52.1 Å². The predicted octanol–water partition coefficient (Wildman–Crippen LogP) is 4.01. The Bertz CT molecular complexity index is 667. The number of hydrogen-bond acceptors (Lipinski definition) is 4. The highest BCUT2D eigenvalue weighted by atomic mass is 19.1. The number of rotatable bonds is 6. The van der Waals surface area contributed by atoms with E-state index in [1.54, 1.807) is 33.9 Å². The molecule has 2 rings (SSSR count). The number of nitrogens with one attached hydrogen (secondary N) is 1. The molecule has 1 heterocycles. The zero-order valence-electron chi connectivity index (χ0n) is 16.7. The van der Waals surface area contributed by atoms with E-state index in [1.165, 1.54) is 11.0 Å². The van der Waals surface area contributed by atoms with Crippen LogP contribution in [0.5, 0.6) is 0 Å². The summed E-state index contributed by atoms with van der Waals surface area (Å²) in [6, 6.07) is 4.85. The average Bonchev–Trinajstić information content (AvgIpc) is 3.09. The molecule has 7 heteroatoms. The van der Waals surface area contributed by atoms with Crippen LogP contribution < -0.4 is 10.2 Å². The van der Waals surface area contributed by atoms with Crippen LogP contribution in [0.2, 0.25) is 0 Å². The van der Waals surface area contributed by atoms with Crippen molar-refractivity contribution in [3.05, 3.63) is 24.0 Å². The van der Waals surface area contributed by atoms with Crippen LogP contribution in [0.15, 0.2) is 18.2 Å². The Balaban J connectivity index is 1.87. The maximum atomic E-state index is 14.3. The second kappa shape index (κ2) is 9.06. The molecule has 0 saturated carbocycles.